The fraction of sp³-hybridized carbons (Fsp3) is 0.579. The summed E-state index contributed by atoms with van der Waals surface area (Å²) < 4.78 is 5.29. The first-order valence-corrected chi connectivity index (χ1v) is 8.87. The summed E-state index contributed by atoms with van der Waals surface area (Å²) in [6.07, 6.45) is 2.91. The van der Waals surface area contributed by atoms with E-state index in [0.29, 0.717) is 18.9 Å². The summed E-state index contributed by atoms with van der Waals surface area (Å²) in [5.74, 6) is 0.610. The molecule has 0 radical (unpaired) electrons. The van der Waals surface area contributed by atoms with E-state index in [9.17, 15) is 9.59 Å². The molecule has 2 amide bonds. The third kappa shape index (κ3) is 5.55. The second-order valence-corrected chi connectivity index (χ2v) is 6.46. The van der Waals surface area contributed by atoms with E-state index in [0.717, 1.165) is 31.4 Å². The van der Waals surface area contributed by atoms with Gasteiger partial charge in [0.15, 0.2) is 0 Å². The van der Waals surface area contributed by atoms with Crippen molar-refractivity contribution < 1.29 is 14.3 Å². The van der Waals surface area contributed by atoms with E-state index < -0.39 is 6.09 Å². The topological polar surface area (TPSA) is 58.6 Å². The maximum Gasteiger partial charge on any atom is 0.407 e. The number of alkyl carbamates (subject to hydrolysis) is 1. The molecule has 0 aromatic heterocycles. The Balaban J connectivity index is 1.85. The number of rotatable bonds is 6. The molecule has 0 spiro atoms. The molecule has 1 aromatic carbocycles. The number of hydrogen-bond donors (Lipinski definition) is 1. The largest absolute Gasteiger partial charge is 0.445 e. The molecule has 1 N–H and O–H groups in total. The SMILES string of the molecule is CCCC(=O)N1CC(CC)CC(NC(=O)OCc2ccccc2)C1. The molecule has 24 heavy (non-hydrogen) atoms. The molecule has 2 unspecified atom stereocenters. The van der Waals surface area contributed by atoms with Gasteiger partial charge in [0.25, 0.3) is 0 Å². The highest BCUT2D eigenvalue weighted by Crippen LogP contribution is 2.21. The van der Waals surface area contributed by atoms with Crippen LogP contribution in [0.5, 0.6) is 0 Å². The third-order valence-corrected chi connectivity index (χ3v) is 4.47. The summed E-state index contributed by atoms with van der Waals surface area (Å²) in [6.45, 7) is 5.77. The zero-order valence-electron chi connectivity index (χ0n) is 14.7. The van der Waals surface area contributed by atoms with Gasteiger partial charge in [0.2, 0.25) is 5.91 Å². The van der Waals surface area contributed by atoms with Crippen LogP contribution in [0.15, 0.2) is 30.3 Å². The summed E-state index contributed by atoms with van der Waals surface area (Å²) in [5.41, 5.74) is 0.961. The number of piperidine rings is 1. The van der Waals surface area contributed by atoms with Crippen LogP contribution < -0.4 is 5.32 Å². The highest BCUT2D eigenvalue weighted by molar-refractivity contribution is 5.76. The Morgan fingerprint density at radius 1 is 1.21 bits per heavy atom. The number of hydrogen-bond acceptors (Lipinski definition) is 3. The van der Waals surface area contributed by atoms with Crippen LogP contribution >= 0.6 is 0 Å². The fourth-order valence-corrected chi connectivity index (χ4v) is 3.11. The lowest BCUT2D eigenvalue weighted by Crippen LogP contribution is -2.52. The molecule has 1 aromatic rings. The molecular formula is C19H28N2O3. The van der Waals surface area contributed by atoms with Gasteiger partial charge in [0.1, 0.15) is 6.61 Å². The minimum absolute atomic E-state index is 0.0345. The molecule has 1 aliphatic heterocycles. The van der Waals surface area contributed by atoms with E-state index in [1.165, 1.54) is 0 Å². The number of likely N-dealkylation sites (tertiary alicyclic amines) is 1. The van der Waals surface area contributed by atoms with Crippen molar-refractivity contribution in [3.05, 3.63) is 35.9 Å². The first-order chi connectivity index (χ1) is 11.6. The van der Waals surface area contributed by atoms with E-state index in [-0.39, 0.29) is 18.6 Å². The normalized spacial score (nSPS) is 20.5. The number of carbonyl (C=O) groups is 2. The Labute approximate surface area is 144 Å². The highest BCUT2D eigenvalue weighted by atomic mass is 16.5. The van der Waals surface area contributed by atoms with E-state index in [2.05, 4.69) is 12.2 Å². The number of nitrogens with zero attached hydrogens (tertiary/aromatic N) is 1. The standard InChI is InChI=1S/C19H28N2O3/c1-3-8-18(22)21-12-15(4-2)11-17(13-21)20-19(23)24-14-16-9-6-5-7-10-16/h5-7,9-10,15,17H,3-4,8,11-14H2,1-2H3,(H,20,23). The van der Waals surface area contributed by atoms with Crippen LogP contribution in [0.3, 0.4) is 0 Å². The average Bonchev–Trinajstić information content (AvgIpc) is 2.60. The van der Waals surface area contributed by atoms with Crippen LogP contribution in [0.25, 0.3) is 0 Å². The van der Waals surface area contributed by atoms with Crippen molar-refractivity contribution in [1.29, 1.82) is 0 Å². The second-order valence-electron chi connectivity index (χ2n) is 6.46. The zero-order valence-corrected chi connectivity index (χ0v) is 14.7. The molecule has 1 saturated heterocycles. The molecular weight excluding hydrogens is 304 g/mol. The second kappa shape index (κ2) is 9.30. The van der Waals surface area contributed by atoms with Crippen LogP contribution in [0.1, 0.15) is 45.1 Å². The smallest absolute Gasteiger partial charge is 0.407 e. The van der Waals surface area contributed by atoms with E-state index in [1.807, 2.05) is 42.2 Å². The molecule has 0 bridgehead atoms. The van der Waals surface area contributed by atoms with E-state index in [1.54, 1.807) is 0 Å². The molecule has 0 saturated carbocycles. The van der Waals surface area contributed by atoms with Gasteiger partial charge in [0, 0.05) is 19.5 Å². The maximum absolute atomic E-state index is 12.2. The van der Waals surface area contributed by atoms with Crippen LogP contribution in [0.4, 0.5) is 4.79 Å². The van der Waals surface area contributed by atoms with Crippen LogP contribution in [-0.2, 0) is 16.1 Å². The lowest BCUT2D eigenvalue weighted by Gasteiger charge is -2.37. The number of ether oxygens (including phenoxy) is 1. The Kier molecular flexibility index (Phi) is 7.09. The summed E-state index contributed by atoms with van der Waals surface area (Å²) >= 11 is 0. The van der Waals surface area contributed by atoms with E-state index >= 15 is 0 Å². The van der Waals surface area contributed by atoms with Crippen molar-refractivity contribution in [3.8, 4) is 0 Å². The summed E-state index contributed by atoms with van der Waals surface area (Å²) in [6, 6.07) is 9.57. The molecule has 1 aliphatic rings. The Morgan fingerprint density at radius 2 is 1.96 bits per heavy atom. The number of carbonyl (C=O) groups excluding carboxylic acids is 2. The van der Waals surface area contributed by atoms with Gasteiger partial charge in [-0.1, -0.05) is 50.6 Å². The average molecular weight is 332 g/mol. The fourth-order valence-electron chi connectivity index (χ4n) is 3.11. The van der Waals surface area contributed by atoms with E-state index in [4.69, 9.17) is 4.74 Å². The molecule has 5 heteroatoms. The molecule has 2 atom stereocenters. The van der Waals surface area contributed by atoms with Crippen molar-refractivity contribution in [3.63, 3.8) is 0 Å². The van der Waals surface area contributed by atoms with Gasteiger partial charge in [-0.25, -0.2) is 4.79 Å². The first-order valence-electron chi connectivity index (χ1n) is 8.87. The van der Waals surface area contributed by atoms with Crippen LogP contribution in [0, 0.1) is 5.92 Å². The molecule has 0 aliphatic carbocycles. The number of nitrogens with one attached hydrogen (secondary N) is 1. The first kappa shape index (κ1) is 18.3. The van der Waals surface area contributed by atoms with Gasteiger partial charge in [-0.15, -0.1) is 0 Å². The molecule has 2 rings (SSSR count). The molecule has 5 nitrogen and oxygen atoms in total. The summed E-state index contributed by atoms with van der Waals surface area (Å²) in [5, 5.41) is 2.93. The minimum atomic E-state index is -0.413. The summed E-state index contributed by atoms with van der Waals surface area (Å²) in [7, 11) is 0. The molecule has 1 heterocycles. The predicted molar refractivity (Wildman–Crippen MR) is 93.4 cm³/mol. The number of benzene rings is 1. The van der Waals surface area contributed by atoms with Gasteiger partial charge < -0.3 is 15.0 Å². The van der Waals surface area contributed by atoms with Gasteiger partial charge in [0.05, 0.1) is 6.04 Å². The Morgan fingerprint density at radius 3 is 2.62 bits per heavy atom. The maximum atomic E-state index is 12.2. The molecule has 132 valence electrons. The van der Waals surface area contributed by atoms with Gasteiger partial charge >= 0.3 is 6.09 Å². The van der Waals surface area contributed by atoms with Crippen molar-refractivity contribution in [2.75, 3.05) is 13.1 Å². The quantitative estimate of drug-likeness (QED) is 0.869. The Hall–Kier alpha value is -2.04. The number of amides is 2. The van der Waals surface area contributed by atoms with Gasteiger partial charge in [-0.05, 0) is 24.3 Å². The summed E-state index contributed by atoms with van der Waals surface area (Å²) in [4.78, 5) is 26.1. The van der Waals surface area contributed by atoms with Gasteiger partial charge in [-0.2, -0.15) is 0 Å². The predicted octanol–water partition coefficient (Wildman–Crippen LogP) is 3.34. The lowest BCUT2D eigenvalue weighted by molar-refractivity contribution is -0.133. The third-order valence-electron chi connectivity index (χ3n) is 4.47. The van der Waals surface area contributed by atoms with Crippen molar-refractivity contribution in [2.24, 2.45) is 5.92 Å². The lowest BCUT2D eigenvalue weighted by atomic mass is 9.92. The zero-order chi connectivity index (χ0) is 17.4. The molecule has 1 fully saturated rings. The van der Waals surface area contributed by atoms with Crippen molar-refractivity contribution >= 4 is 12.0 Å². The minimum Gasteiger partial charge on any atom is -0.445 e. The van der Waals surface area contributed by atoms with Gasteiger partial charge in [-0.3, -0.25) is 4.79 Å². The van der Waals surface area contributed by atoms with Crippen LogP contribution in [0.2, 0.25) is 0 Å². The Bertz CT molecular complexity index is 533. The monoisotopic (exact) mass is 332 g/mol. The van der Waals surface area contributed by atoms with Crippen molar-refractivity contribution in [1.82, 2.24) is 10.2 Å². The van der Waals surface area contributed by atoms with Crippen LogP contribution in [-0.4, -0.2) is 36.0 Å². The highest BCUT2D eigenvalue weighted by Gasteiger charge is 2.29. The van der Waals surface area contributed by atoms with Crippen molar-refractivity contribution in [2.45, 2.75) is 52.2 Å².